The third kappa shape index (κ3) is 5.59. The maximum Gasteiger partial charge on any atom is 0.180 e. The van der Waals surface area contributed by atoms with Gasteiger partial charge in [0.25, 0.3) is 0 Å². The molecule has 9 rings (SSSR count). The van der Waals surface area contributed by atoms with E-state index in [2.05, 4.69) is 243 Å². The van der Waals surface area contributed by atoms with Crippen molar-refractivity contribution in [1.82, 2.24) is 0 Å². The Hall–Kier alpha value is -6.33. The van der Waals surface area contributed by atoms with Crippen LogP contribution in [0.1, 0.15) is 0 Å². The first-order chi connectivity index (χ1) is 26.8. The summed E-state index contributed by atoms with van der Waals surface area (Å²) in [7, 11) is -5.35. The summed E-state index contributed by atoms with van der Waals surface area (Å²) in [4.78, 5) is 0. The first kappa shape index (κ1) is 33.5. The second-order valence-corrected chi connectivity index (χ2v) is 21.6. The number of hydrogen-bond acceptors (Lipinski definition) is 0. The second kappa shape index (κ2) is 14.6. The molecule has 0 aliphatic carbocycles. The van der Waals surface area contributed by atoms with E-state index in [0.29, 0.717) is 0 Å². The lowest BCUT2D eigenvalue weighted by atomic mass is 9.98. The topological polar surface area (TPSA) is 0 Å². The van der Waals surface area contributed by atoms with Gasteiger partial charge in [-0.3, -0.25) is 0 Å². The molecule has 0 bridgehead atoms. The van der Waals surface area contributed by atoms with Gasteiger partial charge in [0.1, 0.15) is 0 Å². The summed E-state index contributed by atoms with van der Waals surface area (Å²) >= 11 is 0. The molecule has 0 aliphatic rings. The van der Waals surface area contributed by atoms with Gasteiger partial charge in [-0.2, -0.15) is 0 Å². The highest BCUT2D eigenvalue weighted by atomic mass is 28.3. The maximum absolute atomic E-state index is 2.73. The number of fused-ring (bicyclic) bond motifs is 1. The van der Waals surface area contributed by atoms with Crippen LogP contribution in [0, 0.1) is 0 Å². The molecule has 54 heavy (non-hydrogen) atoms. The SMILES string of the molecule is c1ccc([Si](c2ccccc2)(c2ccccc2)c2ccc(-c3ccc([Si](c4ccccc4)(c4ccccc4)c4ccccc4)c4ccccc34)cc2)cc1. The Kier molecular flexibility index (Phi) is 9.06. The van der Waals surface area contributed by atoms with Crippen molar-refractivity contribution in [3.8, 4) is 11.1 Å². The summed E-state index contributed by atoms with van der Waals surface area (Å²) in [5, 5.41) is 13.7. The molecule has 0 saturated carbocycles. The molecule has 0 fully saturated rings. The van der Waals surface area contributed by atoms with E-state index < -0.39 is 16.1 Å². The van der Waals surface area contributed by atoms with Crippen LogP contribution in [0.25, 0.3) is 21.9 Å². The molecule has 0 amide bonds. The monoisotopic (exact) mass is 720 g/mol. The predicted octanol–water partition coefficient (Wildman–Crippen LogP) is 7.26. The molecule has 0 unspecified atom stereocenters. The predicted molar refractivity (Wildman–Crippen MR) is 237 cm³/mol. The summed E-state index contributed by atoms with van der Waals surface area (Å²) in [6.07, 6.45) is 0. The Morgan fingerprint density at radius 2 is 0.500 bits per heavy atom. The maximum atomic E-state index is 2.45. The van der Waals surface area contributed by atoms with Crippen LogP contribution in [0.3, 0.4) is 0 Å². The highest BCUT2D eigenvalue weighted by Gasteiger charge is 2.43. The minimum atomic E-state index is -2.73. The summed E-state index contributed by atoms with van der Waals surface area (Å²) in [6.45, 7) is 0. The minimum absolute atomic E-state index is 1.23. The van der Waals surface area contributed by atoms with Crippen molar-refractivity contribution in [3.05, 3.63) is 243 Å². The van der Waals surface area contributed by atoms with Crippen LogP contribution in [-0.2, 0) is 0 Å². The zero-order valence-electron chi connectivity index (χ0n) is 30.1. The van der Waals surface area contributed by atoms with Crippen LogP contribution in [0.4, 0.5) is 0 Å². The van der Waals surface area contributed by atoms with E-state index in [-0.39, 0.29) is 0 Å². The normalized spacial score (nSPS) is 11.7. The summed E-state index contributed by atoms with van der Waals surface area (Å²) in [5.41, 5.74) is 2.48. The Morgan fingerprint density at radius 3 is 0.870 bits per heavy atom. The van der Waals surface area contributed by atoms with Crippen LogP contribution < -0.4 is 41.5 Å². The van der Waals surface area contributed by atoms with E-state index in [1.165, 1.54) is 63.4 Å². The fourth-order valence-corrected chi connectivity index (χ4v) is 18.6. The van der Waals surface area contributed by atoms with Gasteiger partial charge < -0.3 is 0 Å². The van der Waals surface area contributed by atoms with Crippen molar-refractivity contribution in [1.29, 1.82) is 0 Å². The number of benzene rings is 9. The molecule has 0 aliphatic heterocycles. The Morgan fingerprint density at radius 1 is 0.204 bits per heavy atom. The van der Waals surface area contributed by atoms with Crippen molar-refractivity contribution in [2.75, 3.05) is 0 Å². The van der Waals surface area contributed by atoms with Crippen LogP contribution in [0.15, 0.2) is 243 Å². The molecule has 0 atom stereocenters. The lowest BCUT2D eigenvalue weighted by Gasteiger charge is -2.35. The third-order valence-corrected chi connectivity index (χ3v) is 20.8. The first-order valence-corrected chi connectivity index (χ1v) is 22.8. The van der Waals surface area contributed by atoms with E-state index in [4.69, 9.17) is 0 Å². The van der Waals surface area contributed by atoms with E-state index in [0.717, 1.165) is 0 Å². The Balaban J connectivity index is 1.26. The molecule has 2 heteroatoms. The van der Waals surface area contributed by atoms with Crippen LogP contribution >= 0.6 is 0 Å². The van der Waals surface area contributed by atoms with Gasteiger partial charge in [0.05, 0.1) is 0 Å². The average molecular weight is 721 g/mol. The second-order valence-electron chi connectivity index (χ2n) is 14.0. The molecule has 0 spiro atoms. The molecule has 0 N–H and O–H groups in total. The molecule has 0 saturated heterocycles. The average Bonchev–Trinajstić information content (AvgIpc) is 3.27. The van der Waals surface area contributed by atoms with Gasteiger partial charge in [0, 0.05) is 0 Å². The first-order valence-electron chi connectivity index (χ1n) is 18.8. The molecule has 256 valence electrons. The summed E-state index contributed by atoms with van der Waals surface area (Å²) in [5.74, 6) is 0. The zero-order chi connectivity index (χ0) is 36.2. The van der Waals surface area contributed by atoms with Gasteiger partial charge in [-0.05, 0) is 63.4 Å². The smallest absolute Gasteiger partial charge is 0.0623 e. The number of hydrogen-bond donors (Lipinski definition) is 0. The quantitative estimate of drug-likeness (QED) is 0.109. The molecule has 9 aromatic rings. The highest BCUT2D eigenvalue weighted by molar-refractivity contribution is 7.21. The van der Waals surface area contributed by atoms with Crippen molar-refractivity contribution in [2.45, 2.75) is 0 Å². The van der Waals surface area contributed by atoms with Gasteiger partial charge in [0.15, 0.2) is 16.1 Å². The standard InChI is InChI=1S/C52H40Si2/c1-7-21-42(22-8-1)53(43-23-9-2-10-24-43,44-25-11-3-12-26-44)48-37-35-41(36-38-48)49-39-40-52(51-34-20-19-33-50(49)51)54(45-27-13-4-14-28-45,46-29-15-5-16-30-46)47-31-17-6-18-32-47/h1-40H. The molecule has 0 nitrogen and oxygen atoms in total. The molecule has 9 aromatic carbocycles. The van der Waals surface area contributed by atoms with E-state index in [1.807, 2.05) is 0 Å². The molecule has 0 radical (unpaired) electrons. The molecular formula is C52H40Si2. The van der Waals surface area contributed by atoms with E-state index in [9.17, 15) is 0 Å². The van der Waals surface area contributed by atoms with Gasteiger partial charge >= 0.3 is 0 Å². The molecule has 0 heterocycles. The van der Waals surface area contributed by atoms with Crippen molar-refractivity contribution < 1.29 is 0 Å². The lowest BCUT2D eigenvalue weighted by molar-refractivity contribution is 1.64. The summed E-state index contributed by atoms with van der Waals surface area (Å²) in [6, 6.07) is 90.6. The lowest BCUT2D eigenvalue weighted by Crippen LogP contribution is -2.74. The zero-order valence-corrected chi connectivity index (χ0v) is 32.1. The van der Waals surface area contributed by atoms with Gasteiger partial charge in [0.2, 0.25) is 0 Å². The van der Waals surface area contributed by atoms with Gasteiger partial charge in [-0.15, -0.1) is 0 Å². The third-order valence-electron chi connectivity index (χ3n) is 11.2. The van der Waals surface area contributed by atoms with Crippen molar-refractivity contribution in [3.63, 3.8) is 0 Å². The highest BCUT2D eigenvalue weighted by Crippen LogP contribution is 2.29. The minimum Gasteiger partial charge on any atom is -0.0623 e. The van der Waals surface area contributed by atoms with Crippen LogP contribution in [0.2, 0.25) is 0 Å². The van der Waals surface area contributed by atoms with Crippen molar-refractivity contribution in [2.24, 2.45) is 0 Å². The van der Waals surface area contributed by atoms with E-state index >= 15 is 0 Å². The summed E-state index contributed by atoms with van der Waals surface area (Å²) < 4.78 is 0. The Bertz CT molecular complexity index is 2410. The molecular weight excluding hydrogens is 681 g/mol. The van der Waals surface area contributed by atoms with E-state index in [1.54, 1.807) is 0 Å². The fraction of sp³-hybridized carbons (Fsp3) is 0. The van der Waals surface area contributed by atoms with Crippen LogP contribution in [0.5, 0.6) is 0 Å². The largest absolute Gasteiger partial charge is 0.180 e. The number of rotatable bonds is 9. The van der Waals surface area contributed by atoms with Gasteiger partial charge in [-0.1, -0.05) is 243 Å². The fourth-order valence-electron chi connectivity index (χ4n) is 8.87. The van der Waals surface area contributed by atoms with Crippen LogP contribution in [-0.4, -0.2) is 16.1 Å². The van der Waals surface area contributed by atoms with Crippen molar-refractivity contribution >= 4 is 68.4 Å². The molecule has 0 aromatic heterocycles. The Labute approximate surface area is 320 Å². The van der Waals surface area contributed by atoms with Gasteiger partial charge in [-0.25, -0.2) is 0 Å².